The average molecular weight is 156 g/mol. The molecule has 66 valence electrons. The first-order chi connectivity index (χ1) is 5.11. The van der Waals surface area contributed by atoms with Crippen LogP contribution in [0.4, 0.5) is 0 Å². The molecule has 0 spiro atoms. The Morgan fingerprint density at radius 2 is 2.09 bits per heavy atom. The van der Waals surface area contributed by atoms with Crippen LogP contribution in [0.2, 0.25) is 0 Å². The highest BCUT2D eigenvalue weighted by Crippen LogP contribution is 2.16. The molecule has 0 aliphatic carbocycles. The lowest BCUT2D eigenvalue weighted by Gasteiger charge is -2.37. The molecule has 1 fully saturated rings. The van der Waals surface area contributed by atoms with Gasteiger partial charge in [-0.3, -0.25) is 0 Å². The summed E-state index contributed by atoms with van der Waals surface area (Å²) in [4.78, 5) is 2.51. The third-order valence-electron chi connectivity index (χ3n) is 2.73. The van der Waals surface area contributed by atoms with Crippen molar-refractivity contribution >= 4 is 0 Å². The molecule has 1 aliphatic rings. The lowest BCUT2D eigenvalue weighted by molar-refractivity contribution is 0.132. The molecule has 2 N–H and O–H groups in total. The Hall–Kier alpha value is -0.0800. The van der Waals surface area contributed by atoms with Gasteiger partial charge in [-0.15, -0.1) is 0 Å². The monoisotopic (exact) mass is 156 g/mol. The number of hydrogen-bond acceptors (Lipinski definition) is 2. The van der Waals surface area contributed by atoms with Crippen molar-refractivity contribution in [1.82, 2.24) is 4.90 Å². The van der Waals surface area contributed by atoms with Crippen LogP contribution in [0.15, 0.2) is 0 Å². The first-order valence-corrected chi connectivity index (χ1v) is 4.61. The summed E-state index contributed by atoms with van der Waals surface area (Å²) >= 11 is 0. The molecule has 1 heterocycles. The van der Waals surface area contributed by atoms with E-state index in [9.17, 15) is 0 Å². The molecule has 0 aromatic rings. The van der Waals surface area contributed by atoms with Crippen LogP contribution in [0.25, 0.3) is 0 Å². The van der Waals surface area contributed by atoms with Gasteiger partial charge in [-0.05, 0) is 32.7 Å². The van der Waals surface area contributed by atoms with Gasteiger partial charge >= 0.3 is 0 Å². The number of piperidine rings is 1. The molecule has 0 amide bonds. The molecule has 0 aromatic carbocycles. The molecular weight excluding hydrogens is 136 g/mol. The minimum absolute atomic E-state index is 0.435. The van der Waals surface area contributed by atoms with Gasteiger partial charge in [0.05, 0.1) is 0 Å². The molecule has 2 atom stereocenters. The molecule has 0 saturated carbocycles. The highest BCUT2D eigenvalue weighted by atomic mass is 15.2. The topological polar surface area (TPSA) is 29.3 Å². The Morgan fingerprint density at radius 1 is 1.45 bits per heavy atom. The predicted octanol–water partition coefficient (Wildman–Crippen LogP) is 1.06. The average Bonchev–Trinajstić information content (AvgIpc) is 1.94. The molecule has 0 unspecified atom stereocenters. The highest BCUT2D eigenvalue weighted by molar-refractivity contribution is 4.81. The van der Waals surface area contributed by atoms with Crippen molar-refractivity contribution in [1.29, 1.82) is 0 Å². The number of rotatable bonds is 1. The van der Waals surface area contributed by atoms with Crippen molar-refractivity contribution < 1.29 is 0 Å². The maximum Gasteiger partial charge on any atom is 0.00889 e. The van der Waals surface area contributed by atoms with Crippen LogP contribution in [-0.4, -0.2) is 30.1 Å². The van der Waals surface area contributed by atoms with Crippen LogP contribution >= 0.6 is 0 Å². The van der Waals surface area contributed by atoms with Crippen molar-refractivity contribution in [3.8, 4) is 0 Å². The molecule has 11 heavy (non-hydrogen) atoms. The van der Waals surface area contributed by atoms with Crippen molar-refractivity contribution in [3.63, 3.8) is 0 Å². The van der Waals surface area contributed by atoms with Crippen LogP contribution in [0.5, 0.6) is 0 Å². The van der Waals surface area contributed by atoms with E-state index in [1.807, 2.05) is 0 Å². The lowest BCUT2D eigenvalue weighted by atomic mass is 9.94. The largest absolute Gasteiger partial charge is 0.327 e. The van der Waals surface area contributed by atoms with Gasteiger partial charge in [-0.1, -0.05) is 6.92 Å². The zero-order valence-electron chi connectivity index (χ0n) is 7.88. The smallest absolute Gasteiger partial charge is 0.00889 e. The molecular formula is C9H20N2. The summed E-state index contributed by atoms with van der Waals surface area (Å²) in [6.45, 7) is 9.12. The van der Waals surface area contributed by atoms with E-state index in [1.54, 1.807) is 0 Å². The van der Waals surface area contributed by atoms with Crippen LogP contribution in [0.1, 0.15) is 27.2 Å². The molecule has 1 saturated heterocycles. The van der Waals surface area contributed by atoms with Gasteiger partial charge < -0.3 is 10.6 Å². The third kappa shape index (κ3) is 2.17. The SMILES string of the molecule is CC(C)N1CC[C@@H](N)[C@H](C)C1. The summed E-state index contributed by atoms with van der Waals surface area (Å²) in [5.74, 6) is 0.672. The van der Waals surface area contributed by atoms with E-state index < -0.39 is 0 Å². The van der Waals surface area contributed by atoms with Crippen LogP contribution < -0.4 is 5.73 Å². The summed E-state index contributed by atoms with van der Waals surface area (Å²) in [5.41, 5.74) is 5.91. The first-order valence-electron chi connectivity index (χ1n) is 4.61. The molecule has 2 nitrogen and oxygen atoms in total. The molecule has 0 bridgehead atoms. The maximum atomic E-state index is 5.91. The Kier molecular flexibility index (Phi) is 2.90. The van der Waals surface area contributed by atoms with E-state index in [2.05, 4.69) is 25.7 Å². The number of hydrogen-bond donors (Lipinski definition) is 1. The van der Waals surface area contributed by atoms with E-state index in [1.165, 1.54) is 19.5 Å². The normalized spacial score (nSPS) is 34.6. The molecule has 2 heteroatoms. The quantitative estimate of drug-likeness (QED) is 0.615. The van der Waals surface area contributed by atoms with E-state index in [0.717, 1.165) is 0 Å². The van der Waals surface area contributed by atoms with Crippen LogP contribution in [0, 0.1) is 5.92 Å². The molecule has 0 aromatic heterocycles. The minimum Gasteiger partial charge on any atom is -0.327 e. The maximum absolute atomic E-state index is 5.91. The fourth-order valence-corrected chi connectivity index (χ4v) is 1.67. The van der Waals surface area contributed by atoms with Gasteiger partial charge in [0.1, 0.15) is 0 Å². The predicted molar refractivity (Wildman–Crippen MR) is 48.5 cm³/mol. The number of nitrogens with two attached hydrogens (primary N) is 1. The minimum atomic E-state index is 0.435. The summed E-state index contributed by atoms with van der Waals surface area (Å²) in [6, 6.07) is 1.12. The third-order valence-corrected chi connectivity index (χ3v) is 2.73. The highest BCUT2D eigenvalue weighted by Gasteiger charge is 2.23. The van der Waals surface area contributed by atoms with Crippen LogP contribution in [-0.2, 0) is 0 Å². The Bertz CT molecular complexity index is 123. The Labute approximate surface area is 69.8 Å². The van der Waals surface area contributed by atoms with Gasteiger partial charge in [0, 0.05) is 18.6 Å². The van der Waals surface area contributed by atoms with Gasteiger partial charge in [-0.2, -0.15) is 0 Å². The fourth-order valence-electron chi connectivity index (χ4n) is 1.67. The summed E-state index contributed by atoms with van der Waals surface area (Å²) in [5, 5.41) is 0. The van der Waals surface area contributed by atoms with Gasteiger partial charge in [0.15, 0.2) is 0 Å². The van der Waals surface area contributed by atoms with E-state index in [-0.39, 0.29) is 0 Å². The van der Waals surface area contributed by atoms with Crippen molar-refractivity contribution in [3.05, 3.63) is 0 Å². The fraction of sp³-hybridized carbons (Fsp3) is 1.00. The molecule has 0 radical (unpaired) electrons. The van der Waals surface area contributed by atoms with Gasteiger partial charge in [-0.25, -0.2) is 0 Å². The Morgan fingerprint density at radius 3 is 2.55 bits per heavy atom. The van der Waals surface area contributed by atoms with Crippen molar-refractivity contribution in [2.75, 3.05) is 13.1 Å². The molecule has 1 aliphatic heterocycles. The zero-order chi connectivity index (χ0) is 8.43. The summed E-state index contributed by atoms with van der Waals surface area (Å²) in [6.07, 6.45) is 1.17. The second kappa shape index (κ2) is 3.55. The summed E-state index contributed by atoms with van der Waals surface area (Å²) in [7, 11) is 0. The van der Waals surface area contributed by atoms with E-state index >= 15 is 0 Å². The lowest BCUT2D eigenvalue weighted by Crippen LogP contribution is -2.48. The standard InChI is InChI=1S/C9H20N2/c1-7(2)11-5-4-9(10)8(3)6-11/h7-9H,4-6,10H2,1-3H3/t8-,9-/m1/s1. The second-order valence-corrected chi connectivity index (χ2v) is 4.02. The summed E-state index contributed by atoms with van der Waals surface area (Å²) < 4.78 is 0. The van der Waals surface area contributed by atoms with E-state index in [4.69, 9.17) is 5.73 Å². The van der Waals surface area contributed by atoms with Crippen molar-refractivity contribution in [2.45, 2.75) is 39.3 Å². The first kappa shape index (κ1) is 9.01. The van der Waals surface area contributed by atoms with Crippen molar-refractivity contribution in [2.24, 2.45) is 11.7 Å². The second-order valence-electron chi connectivity index (χ2n) is 4.02. The number of likely N-dealkylation sites (tertiary alicyclic amines) is 1. The zero-order valence-corrected chi connectivity index (χ0v) is 7.88. The number of nitrogens with zero attached hydrogens (tertiary/aromatic N) is 1. The van der Waals surface area contributed by atoms with Gasteiger partial charge in [0.25, 0.3) is 0 Å². The van der Waals surface area contributed by atoms with E-state index in [0.29, 0.717) is 18.0 Å². The van der Waals surface area contributed by atoms with Crippen LogP contribution in [0.3, 0.4) is 0 Å². The van der Waals surface area contributed by atoms with Gasteiger partial charge in [0.2, 0.25) is 0 Å². The Balaban J connectivity index is 2.40. The molecule has 1 rings (SSSR count).